The molecule has 0 unspecified atom stereocenters. The SMILES string of the molecule is COC(=O)[C@H](Cc1ccc(-c2c(C)n(C)c(=O)n(C)c2=O)c(C)c1)NC(=O)c1c(F)cc(N2CCOC[C@@H]2C(F)(F)F)cc1F. The summed E-state index contributed by atoms with van der Waals surface area (Å²) in [5.41, 5.74) is -0.116. The van der Waals surface area contributed by atoms with Gasteiger partial charge in [-0.3, -0.25) is 14.2 Å². The highest BCUT2D eigenvalue weighted by atomic mass is 19.4. The van der Waals surface area contributed by atoms with Crippen molar-refractivity contribution >= 4 is 17.6 Å². The van der Waals surface area contributed by atoms with Gasteiger partial charge in [0.25, 0.3) is 11.5 Å². The minimum atomic E-state index is -4.73. The lowest BCUT2D eigenvalue weighted by atomic mass is 9.95. The molecule has 3 aromatic rings. The zero-order valence-electron chi connectivity index (χ0n) is 25.1. The van der Waals surface area contributed by atoms with Crippen LogP contribution in [0.3, 0.4) is 0 Å². The summed E-state index contributed by atoms with van der Waals surface area (Å²) < 4.78 is 82.7. The fraction of sp³-hybridized carbons (Fsp3) is 0.400. The third-order valence-electron chi connectivity index (χ3n) is 7.84. The molecule has 1 aliphatic rings. The van der Waals surface area contributed by atoms with Crippen molar-refractivity contribution in [2.24, 2.45) is 14.1 Å². The summed E-state index contributed by atoms with van der Waals surface area (Å²) >= 11 is 0. The molecule has 0 spiro atoms. The Morgan fingerprint density at radius 1 is 1.07 bits per heavy atom. The molecule has 0 saturated carbocycles. The molecular formula is C30H31F5N4O6. The predicted octanol–water partition coefficient (Wildman–Crippen LogP) is 2.93. The van der Waals surface area contributed by atoms with Gasteiger partial charge in [-0.2, -0.15) is 13.2 Å². The van der Waals surface area contributed by atoms with Crippen molar-refractivity contribution in [1.29, 1.82) is 0 Å². The Kier molecular flexibility index (Phi) is 9.51. The minimum absolute atomic E-state index is 0.0966. The van der Waals surface area contributed by atoms with Gasteiger partial charge in [-0.05, 0) is 42.7 Å². The van der Waals surface area contributed by atoms with E-state index < -0.39 is 70.9 Å². The number of aromatic nitrogens is 2. The van der Waals surface area contributed by atoms with Crippen molar-refractivity contribution in [2.75, 3.05) is 31.8 Å². The standard InChI is InChI=1S/C30H31F5N4O6/c1-15-10-17(6-7-19(15)24-16(2)37(3)29(43)38(4)27(24)41)11-22(28(42)44-5)36-26(40)25-20(31)12-18(13-21(25)32)39-8-9-45-14-23(39)30(33,34)35/h6-7,10,12-13,22-23H,8-9,11,14H2,1-5H3,(H,36,40)/t22-,23+/m0/s1. The van der Waals surface area contributed by atoms with Crippen LogP contribution in [0.15, 0.2) is 39.9 Å². The molecule has 2 atom stereocenters. The van der Waals surface area contributed by atoms with Gasteiger partial charge in [-0.25, -0.2) is 18.4 Å². The van der Waals surface area contributed by atoms with Crippen LogP contribution in [-0.4, -0.2) is 66.1 Å². The molecule has 0 radical (unpaired) electrons. The second-order valence-electron chi connectivity index (χ2n) is 10.7. The number of nitrogens with one attached hydrogen (secondary N) is 1. The van der Waals surface area contributed by atoms with Crippen molar-refractivity contribution in [1.82, 2.24) is 14.5 Å². The number of aryl methyl sites for hydroxylation is 1. The largest absolute Gasteiger partial charge is 0.467 e. The fourth-order valence-electron chi connectivity index (χ4n) is 5.32. The number of morpholine rings is 1. The third-order valence-corrected chi connectivity index (χ3v) is 7.84. The molecule has 1 fully saturated rings. The van der Waals surface area contributed by atoms with Crippen LogP contribution in [0.2, 0.25) is 0 Å². The first-order chi connectivity index (χ1) is 21.1. The number of anilines is 1. The van der Waals surface area contributed by atoms with Crippen molar-refractivity contribution in [3.63, 3.8) is 0 Å². The van der Waals surface area contributed by atoms with Crippen molar-refractivity contribution in [2.45, 2.75) is 38.5 Å². The summed E-state index contributed by atoms with van der Waals surface area (Å²) in [6, 6.07) is 2.57. The highest BCUT2D eigenvalue weighted by Crippen LogP contribution is 2.33. The molecule has 1 amide bonds. The molecule has 1 N–H and O–H groups in total. The zero-order valence-corrected chi connectivity index (χ0v) is 25.1. The normalized spacial score (nSPS) is 16.0. The van der Waals surface area contributed by atoms with Gasteiger partial charge >= 0.3 is 17.8 Å². The van der Waals surface area contributed by atoms with E-state index in [9.17, 15) is 32.3 Å². The summed E-state index contributed by atoms with van der Waals surface area (Å²) in [5, 5.41) is 2.25. The van der Waals surface area contributed by atoms with Crippen molar-refractivity contribution in [3.05, 3.63) is 85.2 Å². The van der Waals surface area contributed by atoms with E-state index in [0.29, 0.717) is 40.1 Å². The number of amides is 1. The van der Waals surface area contributed by atoms with Crippen LogP contribution in [0.1, 0.15) is 27.2 Å². The zero-order chi connectivity index (χ0) is 33.4. The first-order valence-electron chi connectivity index (χ1n) is 13.7. The summed E-state index contributed by atoms with van der Waals surface area (Å²) in [6.07, 6.45) is -4.91. The Morgan fingerprint density at radius 3 is 2.29 bits per heavy atom. The summed E-state index contributed by atoms with van der Waals surface area (Å²) in [7, 11) is 3.96. The van der Waals surface area contributed by atoms with Crippen LogP contribution < -0.4 is 21.5 Å². The average molecular weight is 639 g/mol. The van der Waals surface area contributed by atoms with Gasteiger partial charge in [0.1, 0.15) is 29.3 Å². The molecule has 1 aromatic heterocycles. The second-order valence-corrected chi connectivity index (χ2v) is 10.7. The van der Waals surface area contributed by atoms with Crippen LogP contribution >= 0.6 is 0 Å². The number of methoxy groups -OCH3 is 1. The lowest BCUT2D eigenvalue weighted by molar-refractivity contribution is -0.167. The molecule has 0 bridgehead atoms. The number of nitrogens with zero attached hydrogens (tertiary/aromatic N) is 3. The predicted molar refractivity (Wildman–Crippen MR) is 153 cm³/mol. The number of carbonyl (C=O) groups is 2. The number of benzene rings is 2. The maximum absolute atomic E-state index is 15.1. The van der Waals surface area contributed by atoms with E-state index in [-0.39, 0.29) is 19.6 Å². The quantitative estimate of drug-likeness (QED) is 0.313. The Bertz CT molecular complexity index is 1740. The topological polar surface area (TPSA) is 112 Å². The van der Waals surface area contributed by atoms with E-state index in [2.05, 4.69) is 5.32 Å². The van der Waals surface area contributed by atoms with Gasteiger partial charge in [-0.1, -0.05) is 18.2 Å². The molecule has 0 aliphatic carbocycles. The number of halogens is 5. The Morgan fingerprint density at radius 2 is 1.71 bits per heavy atom. The first-order valence-corrected chi connectivity index (χ1v) is 13.7. The minimum Gasteiger partial charge on any atom is -0.467 e. The molecule has 242 valence electrons. The monoisotopic (exact) mass is 638 g/mol. The number of hydrogen-bond acceptors (Lipinski definition) is 7. The number of rotatable bonds is 7. The number of ether oxygens (including phenoxy) is 2. The van der Waals surface area contributed by atoms with E-state index in [1.807, 2.05) is 0 Å². The molecular weight excluding hydrogens is 607 g/mol. The fourth-order valence-corrected chi connectivity index (χ4v) is 5.32. The van der Waals surface area contributed by atoms with Gasteiger partial charge in [0.2, 0.25) is 0 Å². The highest BCUT2D eigenvalue weighted by Gasteiger charge is 2.46. The maximum Gasteiger partial charge on any atom is 0.411 e. The molecule has 10 nitrogen and oxygen atoms in total. The van der Waals surface area contributed by atoms with Crippen LogP contribution in [0, 0.1) is 25.5 Å². The van der Waals surface area contributed by atoms with Gasteiger partial charge in [0, 0.05) is 38.4 Å². The van der Waals surface area contributed by atoms with Crippen LogP contribution in [0.25, 0.3) is 11.1 Å². The van der Waals surface area contributed by atoms with Crippen LogP contribution in [0.5, 0.6) is 0 Å². The second kappa shape index (κ2) is 12.8. The maximum atomic E-state index is 15.1. The van der Waals surface area contributed by atoms with Gasteiger partial charge in [-0.15, -0.1) is 0 Å². The number of hydrogen-bond donors (Lipinski definition) is 1. The van der Waals surface area contributed by atoms with E-state index in [0.717, 1.165) is 16.6 Å². The lowest BCUT2D eigenvalue weighted by Gasteiger charge is -2.38. The first kappa shape index (κ1) is 33.4. The van der Waals surface area contributed by atoms with E-state index in [1.165, 1.54) is 18.7 Å². The van der Waals surface area contributed by atoms with Crippen molar-refractivity contribution < 1.29 is 41.0 Å². The van der Waals surface area contributed by atoms with Gasteiger partial charge in [0.15, 0.2) is 0 Å². The third kappa shape index (κ3) is 6.62. The molecule has 15 heteroatoms. The van der Waals surface area contributed by atoms with E-state index in [4.69, 9.17) is 9.47 Å². The van der Waals surface area contributed by atoms with Crippen LogP contribution in [-0.2, 0) is 34.8 Å². The summed E-state index contributed by atoms with van der Waals surface area (Å²) in [5.74, 6) is -5.09. The summed E-state index contributed by atoms with van der Waals surface area (Å²) in [4.78, 5) is 51.5. The van der Waals surface area contributed by atoms with Gasteiger partial charge in [0.05, 0.1) is 25.9 Å². The number of carbonyl (C=O) groups excluding carboxylic acids is 2. The Balaban J connectivity index is 1.60. The molecule has 4 rings (SSSR count). The number of esters is 1. The van der Waals surface area contributed by atoms with Gasteiger partial charge < -0.3 is 24.3 Å². The lowest BCUT2D eigenvalue weighted by Crippen LogP contribution is -2.53. The Labute approximate surface area is 254 Å². The molecule has 1 saturated heterocycles. The molecule has 2 heterocycles. The summed E-state index contributed by atoms with van der Waals surface area (Å²) in [6.45, 7) is 2.24. The van der Waals surface area contributed by atoms with E-state index >= 15 is 8.78 Å². The van der Waals surface area contributed by atoms with E-state index in [1.54, 1.807) is 32.0 Å². The Hall–Kier alpha value is -4.53. The molecule has 45 heavy (non-hydrogen) atoms. The average Bonchev–Trinajstić information content (AvgIpc) is 2.98. The van der Waals surface area contributed by atoms with Crippen LogP contribution in [0.4, 0.5) is 27.6 Å². The van der Waals surface area contributed by atoms with Crippen molar-refractivity contribution in [3.8, 4) is 11.1 Å². The highest BCUT2D eigenvalue weighted by molar-refractivity contribution is 5.97. The molecule has 2 aromatic carbocycles. The smallest absolute Gasteiger partial charge is 0.411 e. The molecule has 1 aliphatic heterocycles. The number of alkyl halides is 3.